The normalized spacial score (nSPS) is 17.9. The summed E-state index contributed by atoms with van der Waals surface area (Å²) in [7, 11) is 0. The molecule has 1 saturated carbocycles. The van der Waals surface area contributed by atoms with Crippen LogP contribution in [0.3, 0.4) is 0 Å². The summed E-state index contributed by atoms with van der Waals surface area (Å²) in [6.45, 7) is 0. The van der Waals surface area contributed by atoms with E-state index >= 15 is 0 Å². The third kappa shape index (κ3) is 5.08. The fourth-order valence-electron chi connectivity index (χ4n) is 0.775. The van der Waals surface area contributed by atoms with E-state index < -0.39 is 10.8 Å². The number of rotatable bonds is 5. The molecule has 4 nitrogen and oxygen atoms in total. The molecule has 5 heteroatoms. The smallest absolute Gasteiger partial charge is 0.234 e. The Kier molecular flexibility index (Phi) is 3.84. The zero-order chi connectivity index (χ0) is 10.4. The average Bonchev–Trinajstić information content (AvgIpc) is 2.87. The summed E-state index contributed by atoms with van der Waals surface area (Å²) in [4.78, 5) is 9.19. The molecule has 1 fully saturated rings. The molecule has 0 bridgehead atoms. The standard InChI is InChI=1S/C9H11FN2O2/c10-8(2-1-7-12(13)14)5-6-11-9-3-4-9/h1-2,5-7,9,11H,3-4H2/b6-5+,7-1+,8-2+. The lowest BCUT2D eigenvalue weighted by Gasteiger charge is -1.91. The molecular formula is C9H11FN2O2. The summed E-state index contributed by atoms with van der Waals surface area (Å²) < 4.78 is 12.8. The minimum atomic E-state index is -0.643. The second-order valence-corrected chi connectivity index (χ2v) is 2.95. The van der Waals surface area contributed by atoms with Crippen LogP contribution in [-0.4, -0.2) is 11.0 Å². The van der Waals surface area contributed by atoms with E-state index in [0.717, 1.165) is 25.0 Å². The number of hydrogen-bond acceptors (Lipinski definition) is 3. The quantitative estimate of drug-likeness (QED) is 0.417. The lowest BCUT2D eigenvalue weighted by atomic mass is 10.4. The van der Waals surface area contributed by atoms with E-state index in [0.29, 0.717) is 12.2 Å². The van der Waals surface area contributed by atoms with E-state index in [2.05, 4.69) is 5.32 Å². The van der Waals surface area contributed by atoms with Gasteiger partial charge in [-0.1, -0.05) is 0 Å². The second-order valence-electron chi connectivity index (χ2n) is 2.95. The van der Waals surface area contributed by atoms with Gasteiger partial charge in [-0.25, -0.2) is 4.39 Å². The van der Waals surface area contributed by atoms with Crippen LogP contribution in [-0.2, 0) is 0 Å². The summed E-state index contributed by atoms with van der Waals surface area (Å²) in [6, 6.07) is 0.480. The fraction of sp³-hybridized carbons (Fsp3) is 0.333. The van der Waals surface area contributed by atoms with Gasteiger partial charge in [-0.2, -0.15) is 0 Å². The van der Waals surface area contributed by atoms with Crippen molar-refractivity contribution in [2.75, 3.05) is 0 Å². The Morgan fingerprint density at radius 3 is 2.86 bits per heavy atom. The third-order valence-electron chi connectivity index (χ3n) is 1.62. The van der Waals surface area contributed by atoms with Crippen LogP contribution >= 0.6 is 0 Å². The van der Waals surface area contributed by atoms with E-state index in [9.17, 15) is 14.5 Å². The number of nitrogens with zero attached hydrogens (tertiary/aromatic N) is 1. The van der Waals surface area contributed by atoms with Crippen molar-refractivity contribution in [3.63, 3.8) is 0 Å². The summed E-state index contributed by atoms with van der Waals surface area (Å²) in [5.41, 5.74) is 0. The molecule has 0 radical (unpaired) electrons. The maximum Gasteiger partial charge on any atom is 0.234 e. The topological polar surface area (TPSA) is 55.2 Å². The molecule has 76 valence electrons. The first kappa shape index (κ1) is 10.4. The summed E-state index contributed by atoms with van der Waals surface area (Å²) >= 11 is 0. The van der Waals surface area contributed by atoms with E-state index in [1.165, 1.54) is 12.3 Å². The highest BCUT2D eigenvalue weighted by Gasteiger charge is 2.18. The molecule has 0 aromatic carbocycles. The molecular weight excluding hydrogens is 187 g/mol. The van der Waals surface area contributed by atoms with Gasteiger partial charge >= 0.3 is 0 Å². The van der Waals surface area contributed by atoms with Crippen LogP contribution in [0, 0.1) is 10.1 Å². The summed E-state index contributed by atoms with van der Waals surface area (Å²) in [6.07, 6.45) is 7.77. The summed E-state index contributed by atoms with van der Waals surface area (Å²) in [5, 5.41) is 12.8. The van der Waals surface area contributed by atoms with E-state index in [1.54, 1.807) is 0 Å². The van der Waals surface area contributed by atoms with Crippen molar-refractivity contribution in [1.29, 1.82) is 0 Å². The number of nitro groups is 1. The number of halogens is 1. The predicted octanol–water partition coefficient (Wildman–Crippen LogP) is 1.90. The van der Waals surface area contributed by atoms with Crippen LogP contribution in [0.25, 0.3) is 0 Å². The number of hydrogen-bond donors (Lipinski definition) is 1. The van der Waals surface area contributed by atoms with Gasteiger partial charge in [0.15, 0.2) is 0 Å². The Bertz CT molecular complexity index is 293. The predicted molar refractivity (Wildman–Crippen MR) is 50.6 cm³/mol. The summed E-state index contributed by atoms with van der Waals surface area (Å²) in [5.74, 6) is -0.517. The first-order valence-electron chi connectivity index (χ1n) is 4.28. The fourth-order valence-corrected chi connectivity index (χ4v) is 0.775. The van der Waals surface area contributed by atoms with Crippen molar-refractivity contribution in [2.24, 2.45) is 0 Å². The lowest BCUT2D eigenvalue weighted by molar-refractivity contribution is -0.402. The largest absolute Gasteiger partial charge is 0.388 e. The molecule has 0 aliphatic heterocycles. The third-order valence-corrected chi connectivity index (χ3v) is 1.62. The molecule has 0 spiro atoms. The molecule has 1 aliphatic rings. The van der Waals surface area contributed by atoms with Crippen LogP contribution in [0.4, 0.5) is 4.39 Å². The maximum atomic E-state index is 12.8. The zero-order valence-corrected chi connectivity index (χ0v) is 7.52. The minimum absolute atomic E-state index is 0.480. The molecule has 1 rings (SSSR count). The Balaban J connectivity index is 2.27. The molecule has 1 aliphatic carbocycles. The van der Waals surface area contributed by atoms with Crippen LogP contribution in [0.15, 0.2) is 36.5 Å². The molecule has 0 heterocycles. The minimum Gasteiger partial charge on any atom is -0.388 e. The molecule has 14 heavy (non-hydrogen) atoms. The van der Waals surface area contributed by atoms with Crippen LogP contribution < -0.4 is 5.32 Å². The maximum absolute atomic E-state index is 12.8. The van der Waals surface area contributed by atoms with Crippen molar-refractivity contribution in [1.82, 2.24) is 5.32 Å². The van der Waals surface area contributed by atoms with E-state index in [4.69, 9.17) is 0 Å². The Morgan fingerprint density at radius 1 is 1.57 bits per heavy atom. The number of allylic oxidation sites excluding steroid dienone is 4. The van der Waals surface area contributed by atoms with E-state index in [-0.39, 0.29) is 0 Å². The molecule has 0 atom stereocenters. The Labute approximate surface area is 81.0 Å². The van der Waals surface area contributed by atoms with Gasteiger partial charge in [0.2, 0.25) is 6.20 Å². The molecule has 0 saturated heterocycles. The van der Waals surface area contributed by atoms with Crippen LogP contribution in [0.2, 0.25) is 0 Å². The van der Waals surface area contributed by atoms with Gasteiger partial charge in [-0.05, 0) is 31.2 Å². The zero-order valence-electron chi connectivity index (χ0n) is 7.52. The van der Waals surface area contributed by atoms with Gasteiger partial charge < -0.3 is 5.32 Å². The van der Waals surface area contributed by atoms with Gasteiger partial charge in [0.05, 0.1) is 4.92 Å². The first-order valence-corrected chi connectivity index (χ1v) is 4.28. The van der Waals surface area contributed by atoms with Gasteiger partial charge in [-0.3, -0.25) is 10.1 Å². The molecule has 0 unspecified atom stereocenters. The highest BCUT2D eigenvalue weighted by Crippen LogP contribution is 2.18. The molecule has 0 amide bonds. The number of nitrogens with one attached hydrogen (secondary N) is 1. The van der Waals surface area contributed by atoms with Gasteiger partial charge in [-0.15, -0.1) is 0 Å². The van der Waals surface area contributed by atoms with E-state index in [1.807, 2.05) is 0 Å². The van der Waals surface area contributed by atoms with Gasteiger partial charge in [0.25, 0.3) is 0 Å². The van der Waals surface area contributed by atoms with Crippen LogP contribution in [0.5, 0.6) is 0 Å². The van der Waals surface area contributed by atoms with Crippen molar-refractivity contribution in [3.8, 4) is 0 Å². The van der Waals surface area contributed by atoms with Crippen molar-refractivity contribution >= 4 is 0 Å². The molecule has 0 aromatic heterocycles. The lowest BCUT2D eigenvalue weighted by Crippen LogP contribution is -2.05. The Hall–Kier alpha value is -1.65. The Morgan fingerprint density at radius 2 is 2.29 bits per heavy atom. The highest BCUT2D eigenvalue weighted by molar-refractivity contribution is 5.16. The SMILES string of the molecule is O=[N+]([O-])/C=C/C=C(F)\C=C\NC1CC1. The second kappa shape index (κ2) is 5.16. The van der Waals surface area contributed by atoms with Crippen molar-refractivity contribution in [2.45, 2.75) is 18.9 Å². The highest BCUT2D eigenvalue weighted by atomic mass is 19.1. The average molecular weight is 198 g/mol. The van der Waals surface area contributed by atoms with Crippen molar-refractivity contribution in [3.05, 3.63) is 46.6 Å². The van der Waals surface area contributed by atoms with Gasteiger partial charge in [0.1, 0.15) is 5.83 Å². The molecule has 1 N–H and O–H groups in total. The van der Waals surface area contributed by atoms with Gasteiger partial charge in [0, 0.05) is 12.1 Å². The van der Waals surface area contributed by atoms with Crippen molar-refractivity contribution < 1.29 is 9.31 Å². The first-order chi connectivity index (χ1) is 6.68. The molecule has 0 aromatic rings. The monoisotopic (exact) mass is 198 g/mol. The van der Waals surface area contributed by atoms with Crippen LogP contribution in [0.1, 0.15) is 12.8 Å².